The molecule has 5 N–H and O–H groups in total. The maximum Gasteiger partial charge on any atom is 0.223 e. The summed E-state index contributed by atoms with van der Waals surface area (Å²) in [5.74, 6) is 0.300. The van der Waals surface area contributed by atoms with Gasteiger partial charge in [0.1, 0.15) is 0 Å². The van der Waals surface area contributed by atoms with Gasteiger partial charge in [0, 0.05) is 25.3 Å². The molecule has 0 amide bonds. The quantitative estimate of drug-likeness (QED) is 0.537. The molecule has 0 spiro atoms. The standard InChI is InChI=1S/C22H29N7/c1-28(2)14-16-4-8-19(9-5-16)25-21(23)27-22(24)26-20-10-6-17(7-11-20)18-12-13-29(3)15-18/h4-12H,13-15H2,1-3H3,(H5,23,24,25,26,27). The third-order valence-electron chi connectivity index (χ3n) is 4.53. The largest absolute Gasteiger partial charge is 0.369 e. The SMILES string of the molecule is CN(C)Cc1ccc(N=C(N)/N=C(/N)Nc2ccc(C3=CCN(C)C3)cc2)cc1. The van der Waals surface area contributed by atoms with Gasteiger partial charge < -0.3 is 21.7 Å². The van der Waals surface area contributed by atoms with Crippen LogP contribution in [0.3, 0.4) is 0 Å². The molecule has 1 aliphatic heterocycles. The number of benzene rings is 2. The van der Waals surface area contributed by atoms with E-state index in [4.69, 9.17) is 11.5 Å². The maximum absolute atomic E-state index is 5.97. The van der Waals surface area contributed by atoms with Gasteiger partial charge >= 0.3 is 0 Å². The summed E-state index contributed by atoms with van der Waals surface area (Å²) in [5, 5.41) is 3.05. The van der Waals surface area contributed by atoms with Crippen molar-refractivity contribution in [2.45, 2.75) is 6.54 Å². The summed E-state index contributed by atoms with van der Waals surface area (Å²) >= 11 is 0. The van der Waals surface area contributed by atoms with E-state index >= 15 is 0 Å². The minimum atomic E-state index is 0.103. The highest BCUT2D eigenvalue weighted by Gasteiger charge is 2.11. The molecular weight excluding hydrogens is 362 g/mol. The van der Waals surface area contributed by atoms with Crippen LogP contribution in [-0.4, -0.2) is 56.0 Å². The average molecular weight is 392 g/mol. The molecule has 1 aliphatic rings. The molecule has 3 rings (SSSR count). The van der Waals surface area contributed by atoms with E-state index in [1.54, 1.807) is 0 Å². The highest BCUT2D eigenvalue weighted by molar-refractivity contribution is 6.01. The van der Waals surface area contributed by atoms with Crippen LogP contribution in [0.25, 0.3) is 5.57 Å². The molecule has 0 bridgehead atoms. The fraction of sp³-hybridized carbons (Fsp3) is 0.273. The minimum Gasteiger partial charge on any atom is -0.369 e. The number of hydrogen-bond donors (Lipinski definition) is 3. The Morgan fingerprint density at radius 3 is 2.34 bits per heavy atom. The average Bonchev–Trinajstić information content (AvgIpc) is 3.10. The fourth-order valence-electron chi connectivity index (χ4n) is 3.16. The van der Waals surface area contributed by atoms with E-state index in [2.05, 4.69) is 50.4 Å². The van der Waals surface area contributed by atoms with Gasteiger partial charge in [-0.2, -0.15) is 4.99 Å². The first-order valence-corrected chi connectivity index (χ1v) is 9.56. The van der Waals surface area contributed by atoms with Gasteiger partial charge in [-0.1, -0.05) is 30.3 Å². The Balaban J connectivity index is 1.60. The van der Waals surface area contributed by atoms with Crippen molar-refractivity contribution < 1.29 is 0 Å². The monoisotopic (exact) mass is 391 g/mol. The molecule has 0 radical (unpaired) electrons. The van der Waals surface area contributed by atoms with Crippen molar-refractivity contribution in [1.82, 2.24) is 9.80 Å². The first-order chi connectivity index (χ1) is 13.9. The zero-order valence-corrected chi connectivity index (χ0v) is 17.3. The zero-order chi connectivity index (χ0) is 20.8. The molecule has 152 valence electrons. The van der Waals surface area contributed by atoms with E-state index in [0.717, 1.165) is 31.0 Å². The van der Waals surface area contributed by atoms with Gasteiger partial charge in [0.15, 0.2) is 0 Å². The van der Waals surface area contributed by atoms with Crippen LogP contribution in [0.15, 0.2) is 64.6 Å². The Morgan fingerprint density at radius 1 is 1.07 bits per heavy atom. The van der Waals surface area contributed by atoms with Gasteiger partial charge in [0.05, 0.1) is 5.69 Å². The number of nitrogens with one attached hydrogen (secondary N) is 1. The van der Waals surface area contributed by atoms with E-state index in [1.807, 2.05) is 50.5 Å². The maximum atomic E-state index is 5.97. The molecule has 0 saturated heterocycles. The molecule has 7 heteroatoms. The van der Waals surface area contributed by atoms with Gasteiger partial charge in [-0.25, -0.2) is 4.99 Å². The molecule has 0 aromatic heterocycles. The molecule has 2 aromatic rings. The topological polar surface area (TPSA) is 95.3 Å². The summed E-state index contributed by atoms with van der Waals surface area (Å²) in [6, 6.07) is 16.0. The molecule has 0 fully saturated rings. The lowest BCUT2D eigenvalue weighted by molar-refractivity contribution is 0.402. The van der Waals surface area contributed by atoms with Crippen LogP contribution in [0.5, 0.6) is 0 Å². The van der Waals surface area contributed by atoms with Crippen LogP contribution in [-0.2, 0) is 6.54 Å². The smallest absolute Gasteiger partial charge is 0.223 e. The van der Waals surface area contributed by atoms with E-state index in [0.29, 0.717) is 0 Å². The number of guanidine groups is 2. The molecule has 1 heterocycles. The number of hydrogen-bond acceptors (Lipinski definition) is 3. The highest BCUT2D eigenvalue weighted by Crippen LogP contribution is 2.21. The molecule has 0 aliphatic carbocycles. The van der Waals surface area contributed by atoms with Crippen LogP contribution in [0.1, 0.15) is 11.1 Å². The second-order valence-corrected chi connectivity index (χ2v) is 7.50. The first-order valence-electron chi connectivity index (χ1n) is 9.56. The number of nitrogens with zero attached hydrogens (tertiary/aromatic N) is 4. The summed E-state index contributed by atoms with van der Waals surface area (Å²) in [6.07, 6.45) is 2.25. The predicted octanol–water partition coefficient (Wildman–Crippen LogP) is 2.45. The van der Waals surface area contributed by atoms with Gasteiger partial charge in [0.25, 0.3) is 0 Å². The Kier molecular flexibility index (Phi) is 6.64. The lowest BCUT2D eigenvalue weighted by atomic mass is 10.1. The highest BCUT2D eigenvalue weighted by atomic mass is 15.2. The number of likely N-dealkylation sites (N-methyl/N-ethyl adjacent to an activating group) is 1. The Bertz CT molecular complexity index is 909. The molecule has 2 aromatic carbocycles. The zero-order valence-electron chi connectivity index (χ0n) is 17.3. The van der Waals surface area contributed by atoms with Crippen molar-refractivity contribution in [2.24, 2.45) is 21.5 Å². The third kappa shape index (κ3) is 6.17. The molecule has 0 unspecified atom stereocenters. The van der Waals surface area contributed by atoms with Crippen LogP contribution >= 0.6 is 0 Å². The second-order valence-electron chi connectivity index (χ2n) is 7.50. The lowest BCUT2D eigenvalue weighted by Crippen LogP contribution is -2.26. The summed E-state index contributed by atoms with van der Waals surface area (Å²) < 4.78 is 0. The van der Waals surface area contributed by atoms with E-state index in [1.165, 1.54) is 16.7 Å². The van der Waals surface area contributed by atoms with Crippen LogP contribution < -0.4 is 16.8 Å². The fourth-order valence-corrected chi connectivity index (χ4v) is 3.16. The van der Waals surface area contributed by atoms with Crippen LogP contribution in [0.4, 0.5) is 11.4 Å². The van der Waals surface area contributed by atoms with Crippen molar-refractivity contribution in [2.75, 3.05) is 39.5 Å². The van der Waals surface area contributed by atoms with Gasteiger partial charge in [0.2, 0.25) is 11.9 Å². The van der Waals surface area contributed by atoms with Gasteiger partial charge in [-0.05, 0) is 62.1 Å². The molecular formula is C22H29N7. The molecule has 0 saturated carbocycles. The van der Waals surface area contributed by atoms with Crippen molar-refractivity contribution in [3.05, 3.63) is 65.7 Å². The van der Waals surface area contributed by atoms with E-state index < -0.39 is 0 Å². The van der Waals surface area contributed by atoms with Gasteiger partial charge in [-0.15, -0.1) is 0 Å². The number of anilines is 1. The van der Waals surface area contributed by atoms with Crippen molar-refractivity contribution in [1.29, 1.82) is 0 Å². The van der Waals surface area contributed by atoms with Crippen molar-refractivity contribution >= 4 is 28.9 Å². The number of rotatable bonds is 5. The molecule has 7 nitrogen and oxygen atoms in total. The van der Waals surface area contributed by atoms with E-state index in [9.17, 15) is 0 Å². The summed E-state index contributed by atoms with van der Waals surface area (Å²) in [7, 11) is 6.18. The molecule has 29 heavy (non-hydrogen) atoms. The second kappa shape index (κ2) is 9.36. The first kappa shape index (κ1) is 20.6. The van der Waals surface area contributed by atoms with Crippen LogP contribution in [0.2, 0.25) is 0 Å². The Labute approximate surface area is 172 Å². The summed E-state index contributed by atoms with van der Waals surface area (Å²) in [6.45, 7) is 2.84. The Morgan fingerprint density at radius 2 is 1.76 bits per heavy atom. The van der Waals surface area contributed by atoms with Gasteiger partial charge in [-0.3, -0.25) is 4.90 Å². The van der Waals surface area contributed by atoms with Crippen molar-refractivity contribution in [3.8, 4) is 0 Å². The molecule has 0 atom stereocenters. The third-order valence-corrected chi connectivity index (χ3v) is 4.53. The summed E-state index contributed by atoms with van der Waals surface area (Å²) in [4.78, 5) is 12.8. The van der Waals surface area contributed by atoms with E-state index in [-0.39, 0.29) is 11.9 Å². The number of nitrogens with two attached hydrogens (primary N) is 2. The predicted molar refractivity (Wildman–Crippen MR) is 122 cm³/mol. The normalized spacial score (nSPS) is 15.7. The van der Waals surface area contributed by atoms with Crippen molar-refractivity contribution in [3.63, 3.8) is 0 Å². The van der Waals surface area contributed by atoms with Crippen LogP contribution in [0, 0.1) is 0 Å². The Hall–Kier alpha value is -3.16. The summed E-state index contributed by atoms with van der Waals surface area (Å²) in [5.41, 5.74) is 17.2. The number of aliphatic imine (C=N–C) groups is 2. The minimum absolute atomic E-state index is 0.103. The lowest BCUT2D eigenvalue weighted by Gasteiger charge is -2.10.